The van der Waals surface area contributed by atoms with E-state index in [-0.39, 0.29) is 5.78 Å². The summed E-state index contributed by atoms with van der Waals surface area (Å²) in [5.41, 5.74) is 1.85. The maximum atomic E-state index is 11.8. The number of aryl methyl sites for hydroxylation is 1. The van der Waals surface area contributed by atoms with E-state index in [0.29, 0.717) is 5.92 Å². The van der Waals surface area contributed by atoms with E-state index in [1.54, 1.807) is 12.4 Å². The molecule has 0 N–H and O–H groups in total. The average Bonchev–Trinajstić information content (AvgIpc) is 2.12. The number of ketones is 1. The monoisotopic (exact) mass is 189 g/mol. The normalized spacial score (nSPS) is 16.4. The van der Waals surface area contributed by atoms with Gasteiger partial charge in [-0.2, -0.15) is 0 Å². The molecule has 1 aromatic heterocycles. The first-order chi connectivity index (χ1) is 6.77. The molecule has 0 aromatic carbocycles. The summed E-state index contributed by atoms with van der Waals surface area (Å²) >= 11 is 0. The molecular weight excluding hydrogens is 174 g/mol. The molecule has 0 radical (unpaired) electrons. The van der Waals surface area contributed by atoms with Gasteiger partial charge in [0.05, 0.1) is 0 Å². The number of Topliss-reactive ketones (excluding diaryl/α,β-unsaturated/α-hetero) is 1. The number of pyridine rings is 1. The summed E-state index contributed by atoms with van der Waals surface area (Å²) in [6.45, 7) is 1.95. The minimum atomic E-state index is 0.287. The van der Waals surface area contributed by atoms with E-state index in [2.05, 4.69) is 4.98 Å². The molecular formula is C12H15NO. The summed E-state index contributed by atoms with van der Waals surface area (Å²) in [6, 6.07) is 1.83. The molecule has 0 saturated heterocycles. The van der Waals surface area contributed by atoms with Crippen LogP contribution in [0, 0.1) is 12.8 Å². The van der Waals surface area contributed by atoms with Crippen molar-refractivity contribution in [3.63, 3.8) is 0 Å². The zero-order valence-corrected chi connectivity index (χ0v) is 8.49. The van der Waals surface area contributed by atoms with E-state index < -0.39 is 0 Å². The Hall–Kier alpha value is -1.18. The van der Waals surface area contributed by atoms with Crippen molar-refractivity contribution in [3.05, 3.63) is 29.6 Å². The summed E-state index contributed by atoms with van der Waals surface area (Å²) < 4.78 is 0. The Labute approximate surface area is 84.4 Å². The van der Waals surface area contributed by atoms with Crippen molar-refractivity contribution in [2.75, 3.05) is 0 Å². The van der Waals surface area contributed by atoms with Gasteiger partial charge in [-0.05, 0) is 24.5 Å². The fraction of sp³-hybridized carbons (Fsp3) is 0.500. The van der Waals surface area contributed by atoms with Crippen molar-refractivity contribution in [1.82, 2.24) is 4.98 Å². The lowest BCUT2D eigenvalue weighted by atomic mass is 9.80. The van der Waals surface area contributed by atoms with Crippen molar-refractivity contribution >= 4 is 5.78 Å². The Bertz CT molecular complexity index is 342. The first kappa shape index (κ1) is 9.38. The SMILES string of the molecule is Cc1cnccc1C(=O)CC1CCC1. The Kier molecular flexibility index (Phi) is 2.62. The number of hydrogen-bond donors (Lipinski definition) is 0. The van der Waals surface area contributed by atoms with Crippen molar-refractivity contribution in [1.29, 1.82) is 0 Å². The zero-order chi connectivity index (χ0) is 9.97. The van der Waals surface area contributed by atoms with Crippen LogP contribution in [0.5, 0.6) is 0 Å². The molecule has 2 heteroatoms. The van der Waals surface area contributed by atoms with E-state index in [0.717, 1.165) is 17.5 Å². The van der Waals surface area contributed by atoms with Crippen molar-refractivity contribution < 1.29 is 4.79 Å². The van der Waals surface area contributed by atoms with Gasteiger partial charge in [-0.1, -0.05) is 19.3 Å². The molecule has 0 atom stereocenters. The molecule has 2 rings (SSSR count). The number of rotatable bonds is 3. The molecule has 0 unspecified atom stereocenters. The molecule has 1 heterocycles. The summed E-state index contributed by atoms with van der Waals surface area (Å²) in [7, 11) is 0. The maximum absolute atomic E-state index is 11.8. The fourth-order valence-corrected chi connectivity index (χ4v) is 1.86. The van der Waals surface area contributed by atoms with Crippen LogP contribution in [0.15, 0.2) is 18.5 Å². The van der Waals surface area contributed by atoms with Crippen LogP contribution in [0.1, 0.15) is 41.6 Å². The first-order valence-electron chi connectivity index (χ1n) is 5.21. The predicted octanol–water partition coefficient (Wildman–Crippen LogP) is 2.76. The number of aromatic nitrogens is 1. The summed E-state index contributed by atoms with van der Waals surface area (Å²) in [6.07, 6.45) is 7.94. The molecule has 1 aliphatic carbocycles. The quantitative estimate of drug-likeness (QED) is 0.684. The van der Waals surface area contributed by atoms with Crippen molar-refractivity contribution in [3.8, 4) is 0 Å². The Morgan fingerprint density at radius 2 is 2.36 bits per heavy atom. The van der Waals surface area contributed by atoms with Gasteiger partial charge in [0.25, 0.3) is 0 Å². The first-order valence-corrected chi connectivity index (χ1v) is 5.21. The van der Waals surface area contributed by atoms with Gasteiger partial charge < -0.3 is 0 Å². The molecule has 2 nitrogen and oxygen atoms in total. The van der Waals surface area contributed by atoms with Gasteiger partial charge in [-0.15, -0.1) is 0 Å². The van der Waals surface area contributed by atoms with Gasteiger partial charge in [0.1, 0.15) is 0 Å². The predicted molar refractivity (Wildman–Crippen MR) is 55.3 cm³/mol. The highest BCUT2D eigenvalue weighted by atomic mass is 16.1. The van der Waals surface area contributed by atoms with Crippen LogP contribution in [-0.4, -0.2) is 10.8 Å². The van der Waals surface area contributed by atoms with Crippen molar-refractivity contribution in [2.45, 2.75) is 32.6 Å². The van der Waals surface area contributed by atoms with Crippen LogP contribution < -0.4 is 0 Å². The lowest BCUT2D eigenvalue weighted by Crippen LogP contribution is -2.16. The topological polar surface area (TPSA) is 30.0 Å². The van der Waals surface area contributed by atoms with Gasteiger partial charge in [0, 0.05) is 24.4 Å². The van der Waals surface area contributed by atoms with Gasteiger partial charge in [-0.25, -0.2) is 0 Å². The van der Waals surface area contributed by atoms with Crippen LogP contribution in [0.2, 0.25) is 0 Å². The maximum Gasteiger partial charge on any atom is 0.163 e. The minimum Gasteiger partial charge on any atom is -0.294 e. The Morgan fingerprint density at radius 3 is 2.93 bits per heavy atom. The molecule has 0 bridgehead atoms. The second-order valence-electron chi connectivity index (χ2n) is 4.11. The summed E-state index contributed by atoms with van der Waals surface area (Å²) in [5, 5.41) is 0. The summed E-state index contributed by atoms with van der Waals surface area (Å²) in [5.74, 6) is 0.935. The van der Waals surface area contributed by atoms with Gasteiger partial charge >= 0.3 is 0 Å². The second-order valence-corrected chi connectivity index (χ2v) is 4.11. The lowest BCUT2D eigenvalue weighted by Gasteiger charge is -2.24. The average molecular weight is 189 g/mol. The molecule has 1 fully saturated rings. The summed E-state index contributed by atoms with van der Waals surface area (Å²) in [4.78, 5) is 15.8. The van der Waals surface area contributed by atoms with Crippen molar-refractivity contribution in [2.24, 2.45) is 5.92 Å². The van der Waals surface area contributed by atoms with E-state index >= 15 is 0 Å². The highest BCUT2D eigenvalue weighted by Gasteiger charge is 2.21. The third-order valence-corrected chi connectivity index (χ3v) is 3.02. The smallest absolute Gasteiger partial charge is 0.163 e. The third-order valence-electron chi connectivity index (χ3n) is 3.02. The largest absolute Gasteiger partial charge is 0.294 e. The van der Waals surface area contributed by atoms with Gasteiger partial charge in [0.15, 0.2) is 5.78 Å². The molecule has 1 aromatic rings. The van der Waals surface area contributed by atoms with Gasteiger partial charge in [-0.3, -0.25) is 9.78 Å². The lowest BCUT2D eigenvalue weighted by molar-refractivity contribution is 0.0936. The third kappa shape index (κ3) is 1.84. The fourth-order valence-electron chi connectivity index (χ4n) is 1.86. The molecule has 0 spiro atoms. The van der Waals surface area contributed by atoms with Crippen LogP contribution in [0.3, 0.4) is 0 Å². The molecule has 0 aliphatic heterocycles. The highest BCUT2D eigenvalue weighted by Crippen LogP contribution is 2.30. The molecule has 74 valence electrons. The molecule has 1 saturated carbocycles. The minimum absolute atomic E-state index is 0.287. The molecule has 0 amide bonds. The Balaban J connectivity index is 2.06. The van der Waals surface area contributed by atoms with Crippen LogP contribution in [0.25, 0.3) is 0 Å². The van der Waals surface area contributed by atoms with E-state index in [1.807, 2.05) is 13.0 Å². The van der Waals surface area contributed by atoms with Crippen LogP contribution in [0.4, 0.5) is 0 Å². The highest BCUT2D eigenvalue weighted by molar-refractivity contribution is 5.97. The van der Waals surface area contributed by atoms with Crippen LogP contribution >= 0.6 is 0 Å². The zero-order valence-electron chi connectivity index (χ0n) is 8.49. The molecule has 14 heavy (non-hydrogen) atoms. The Morgan fingerprint density at radius 1 is 1.57 bits per heavy atom. The number of carbonyl (C=O) groups excluding carboxylic acids is 1. The van der Waals surface area contributed by atoms with E-state index in [9.17, 15) is 4.79 Å². The number of nitrogens with zero attached hydrogens (tertiary/aromatic N) is 1. The van der Waals surface area contributed by atoms with Crippen LogP contribution in [-0.2, 0) is 0 Å². The number of hydrogen-bond acceptors (Lipinski definition) is 2. The number of carbonyl (C=O) groups is 1. The molecule has 1 aliphatic rings. The van der Waals surface area contributed by atoms with E-state index in [1.165, 1.54) is 19.3 Å². The van der Waals surface area contributed by atoms with Gasteiger partial charge in [0.2, 0.25) is 0 Å². The second kappa shape index (κ2) is 3.91. The van der Waals surface area contributed by atoms with E-state index in [4.69, 9.17) is 0 Å². The standard InChI is InChI=1S/C12H15NO/c1-9-8-13-6-5-11(9)12(14)7-10-3-2-4-10/h5-6,8,10H,2-4,7H2,1H3.